The van der Waals surface area contributed by atoms with Crippen molar-refractivity contribution in [2.75, 3.05) is 13.1 Å². The molecule has 0 spiro atoms. The summed E-state index contributed by atoms with van der Waals surface area (Å²) in [5, 5.41) is 8.77. The lowest BCUT2D eigenvalue weighted by molar-refractivity contribution is -0.131. The number of nitrogens with zero attached hydrogens (tertiary/aromatic N) is 2. The van der Waals surface area contributed by atoms with E-state index in [0.29, 0.717) is 24.8 Å². The fourth-order valence-corrected chi connectivity index (χ4v) is 2.29. The van der Waals surface area contributed by atoms with Gasteiger partial charge in [-0.1, -0.05) is 13.8 Å². The Kier molecular flexibility index (Phi) is 4.79. The van der Waals surface area contributed by atoms with E-state index in [9.17, 15) is 4.79 Å². The van der Waals surface area contributed by atoms with Crippen LogP contribution in [0.5, 0.6) is 0 Å². The summed E-state index contributed by atoms with van der Waals surface area (Å²) in [7, 11) is 0. The molecule has 1 aliphatic rings. The first kappa shape index (κ1) is 13.0. The quantitative estimate of drug-likeness (QED) is 0.736. The van der Waals surface area contributed by atoms with Gasteiger partial charge in [0.2, 0.25) is 5.91 Å². The van der Waals surface area contributed by atoms with Gasteiger partial charge in [-0.25, -0.2) is 0 Å². The molecular weight excluding hydrogens is 200 g/mol. The molecule has 1 fully saturated rings. The van der Waals surface area contributed by atoms with Crippen LogP contribution in [0.4, 0.5) is 0 Å². The first-order chi connectivity index (χ1) is 7.54. The van der Waals surface area contributed by atoms with Gasteiger partial charge < -0.3 is 4.90 Å². The van der Waals surface area contributed by atoms with Crippen LogP contribution in [0.15, 0.2) is 0 Å². The summed E-state index contributed by atoms with van der Waals surface area (Å²) in [6.07, 6.45) is 2.75. The Hall–Kier alpha value is -1.04. The van der Waals surface area contributed by atoms with Crippen LogP contribution in [0.1, 0.15) is 40.0 Å². The predicted molar refractivity (Wildman–Crippen MR) is 63.5 cm³/mol. The third-order valence-electron chi connectivity index (χ3n) is 3.51. The van der Waals surface area contributed by atoms with Crippen molar-refractivity contribution in [1.82, 2.24) is 4.90 Å². The van der Waals surface area contributed by atoms with Gasteiger partial charge in [0.05, 0.1) is 12.0 Å². The van der Waals surface area contributed by atoms with E-state index in [2.05, 4.69) is 19.9 Å². The number of carbonyl (C=O) groups excluding carboxylic acids is 1. The maximum atomic E-state index is 11.9. The Morgan fingerprint density at radius 1 is 1.44 bits per heavy atom. The number of rotatable bonds is 3. The smallest absolute Gasteiger partial charge is 0.222 e. The molecule has 1 aliphatic heterocycles. The Morgan fingerprint density at radius 2 is 2.12 bits per heavy atom. The first-order valence-electron chi connectivity index (χ1n) is 6.22. The third kappa shape index (κ3) is 3.52. The molecule has 1 amide bonds. The minimum absolute atomic E-state index is 0.0560. The average Bonchev–Trinajstić information content (AvgIpc) is 2.42. The van der Waals surface area contributed by atoms with Crippen LogP contribution < -0.4 is 0 Å². The fraction of sp³-hybridized carbons (Fsp3) is 0.846. The van der Waals surface area contributed by atoms with Gasteiger partial charge in [0.15, 0.2) is 0 Å². The minimum Gasteiger partial charge on any atom is -0.341 e. The fourth-order valence-electron chi connectivity index (χ4n) is 2.29. The van der Waals surface area contributed by atoms with E-state index in [-0.39, 0.29) is 11.8 Å². The molecule has 0 aromatic carbocycles. The molecule has 16 heavy (non-hydrogen) atoms. The van der Waals surface area contributed by atoms with Crippen molar-refractivity contribution in [3.63, 3.8) is 0 Å². The summed E-state index contributed by atoms with van der Waals surface area (Å²) in [6, 6.07) is 2.19. The second-order valence-corrected chi connectivity index (χ2v) is 5.20. The summed E-state index contributed by atoms with van der Waals surface area (Å²) in [5.74, 6) is 1.48. The van der Waals surface area contributed by atoms with Gasteiger partial charge in [0.25, 0.3) is 0 Å². The molecule has 0 aromatic heterocycles. The van der Waals surface area contributed by atoms with E-state index in [4.69, 9.17) is 5.26 Å². The van der Waals surface area contributed by atoms with Crippen LogP contribution in [0.25, 0.3) is 0 Å². The van der Waals surface area contributed by atoms with Gasteiger partial charge in [0, 0.05) is 19.5 Å². The number of amides is 1. The summed E-state index contributed by atoms with van der Waals surface area (Å²) >= 11 is 0. The van der Waals surface area contributed by atoms with Crippen LogP contribution >= 0.6 is 0 Å². The number of likely N-dealkylation sites (tertiary alicyclic amines) is 1. The second-order valence-electron chi connectivity index (χ2n) is 5.20. The molecule has 3 nitrogen and oxygen atoms in total. The van der Waals surface area contributed by atoms with E-state index in [1.807, 2.05) is 11.8 Å². The lowest BCUT2D eigenvalue weighted by atomic mass is 9.89. The normalized spacial score (nSPS) is 24.1. The largest absolute Gasteiger partial charge is 0.341 e. The molecule has 3 heteroatoms. The third-order valence-corrected chi connectivity index (χ3v) is 3.51. The van der Waals surface area contributed by atoms with Crippen molar-refractivity contribution in [1.29, 1.82) is 5.26 Å². The molecule has 0 radical (unpaired) electrons. The lowest BCUT2D eigenvalue weighted by Gasteiger charge is -2.22. The van der Waals surface area contributed by atoms with Gasteiger partial charge in [-0.2, -0.15) is 5.26 Å². The van der Waals surface area contributed by atoms with E-state index >= 15 is 0 Å². The maximum absolute atomic E-state index is 11.9. The zero-order valence-corrected chi connectivity index (χ0v) is 10.6. The van der Waals surface area contributed by atoms with Crippen LogP contribution in [0, 0.1) is 29.1 Å². The molecule has 1 rings (SSSR count). The number of hydrogen-bond donors (Lipinski definition) is 0. The molecular formula is C13H22N2O. The first-order valence-corrected chi connectivity index (χ1v) is 6.22. The highest BCUT2D eigenvalue weighted by Gasteiger charge is 2.24. The molecule has 0 N–H and O–H groups in total. The molecule has 0 saturated carbocycles. The summed E-state index contributed by atoms with van der Waals surface area (Å²) in [6.45, 7) is 7.75. The minimum atomic E-state index is -0.0560. The van der Waals surface area contributed by atoms with E-state index in [1.54, 1.807) is 0 Å². The van der Waals surface area contributed by atoms with Crippen molar-refractivity contribution in [2.45, 2.75) is 40.0 Å². The van der Waals surface area contributed by atoms with Gasteiger partial charge in [0.1, 0.15) is 0 Å². The molecule has 2 atom stereocenters. The molecule has 0 bridgehead atoms. The van der Waals surface area contributed by atoms with Crippen LogP contribution in [-0.4, -0.2) is 23.9 Å². The Balaban J connectivity index is 2.54. The van der Waals surface area contributed by atoms with E-state index < -0.39 is 0 Å². The summed E-state index contributed by atoms with van der Waals surface area (Å²) in [4.78, 5) is 13.7. The highest BCUT2D eigenvalue weighted by Crippen LogP contribution is 2.25. The van der Waals surface area contributed by atoms with Crippen molar-refractivity contribution in [3.8, 4) is 6.07 Å². The van der Waals surface area contributed by atoms with Gasteiger partial charge in [-0.05, 0) is 31.6 Å². The van der Waals surface area contributed by atoms with E-state index in [1.165, 1.54) is 0 Å². The Morgan fingerprint density at radius 3 is 2.69 bits per heavy atom. The zero-order chi connectivity index (χ0) is 12.1. The summed E-state index contributed by atoms with van der Waals surface area (Å²) < 4.78 is 0. The van der Waals surface area contributed by atoms with Gasteiger partial charge >= 0.3 is 0 Å². The molecule has 2 unspecified atom stereocenters. The zero-order valence-electron chi connectivity index (χ0n) is 10.6. The number of carbonyl (C=O) groups is 1. The number of hydrogen-bond acceptors (Lipinski definition) is 2. The summed E-state index contributed by atoms with van der Waals surface area (Å²) in [5.41, 5.74) is 0. The monoisotopic (exact) mass is 222 g/mol. The molecule has 1 heterocycles. The van der Waals surface area contributed by atoms with E-state index in [0.717, 1.165) is 19.4 Å². The van der Waals surface area contributed by atoms with Crippen molar-refractivity contribution in [3.05, 3.63) is 0 Å². The van der Waals surface area contributed by atoms with Crippen LogP contribution in [0.3, 0.4) is 0 Å². The topological polar surface area (TPSA) is 44.1 Å². The highest BCUT2D eigenvalue weighted by molar-refractivity contribution is 5.76. The van der Waals surface area contributed by atoms with Crippen LogP contribution in [-0.2, 0) is 4.79 Å². The van der Waals surface area contributed by atoms with Crippen molar-refractivity contribution in [2.24, 2.45) is 17.8 Å². The highest BCUT2D eigenvalue weighted by atomic mass is 16.2. The molecule has 0 aromatic rings. The molecule has 1 saturated heterocycles. The molecule has 0 aliphatic carbocycles. The maximum Gasteiger partial charge on any atom is 0.222 e. The second kappa shape index (κ2) is 5.89. The van der Waals surface area contributed by atoms with Crippen LogP contribution in [0.2, 0.25) is 0 Å². The van der Waals surface area contributed by atoms with Gasteiger partial charge in [-0.15, -0.1) is 0 Å². The standard InChI is InChI=1S/C13H22N2O/c1-10(2)12-4-5-13(16)15(7-6-12)9-11(3)8-14/h10-12H,4-7,9H2,1-3H3. The molecule has 90 valence electrons. The SMILES string of the molecule is CC(C#N)CN1CCC(C(C)C)CCC1=O. The Bertz CT molecular complexity index is 280. The van der Waals surface area contributed by atoms with Crippen molar-refractivity contribution >= 4 is 5.91 Å². The number of nitriles is 1. The predicted octanol–water partition coefficient (Wildman–Crippen LogP) is 2.43. The van der Waals surface area contributed by atoms with Gasteiger partial charge in [-0.3, -0.25) is 4.79 Å². The lowest BCUT2D eigenvalue weighted by Crippen LogP contribution is -2.34. The van der Waals surface area contributed by atoms with Crippen molar-refractivity contribution < 1.29 is 4.79 Å². The average molecular weight is 222 g/mol. The Labute approximate surface area is 98.4 Å².